The van der Waals surface area contributed by atoms with Crippen LogP contribution in [-0.4, -0.2) is 11.7 Å². The number of aromatic nitrogens is 1. The molecule has 26 heavy (non-hydrogen) atoms. The van der Waals surface area contributed by atoms with Crippen molar-refractivity contribution in [3.05, 3.63) is 75.8 Å². The molecule has 1 aromatic carbocycles. The molecule has 1 aromatic heterocycles. The van der Waals surface area contributed by atoms with Crippen molar-refractivity contribution in [3.8, 4) is 5.69 Å². The second kappa shape index (κ2) is 8.18. The van der Waals surface area contributed by atoms with Gasteiger partial charge in [-0.1, -0.05) is 31.5 Å². The number of rotatable bonds is 2. The third-order valence-corrected chi connectivity index (χ3v) is 5.49. The van der Waals surface area contributed by atoms with Crippen molar-refractivity contribution >= 4 is 11.6 Å². The predicted molar refractivity (Wildman–Crippen MR) is 110 cm³/mol. The van der Waals surface area contributed by atoms with Crippen LogP contribution in [0.25, 0.3) is 5.69 Å². The van der Waals surface area contributed by atoms with Gasteiger partial charge in [0.25, 0.3) is 0 Å². The summed E-state index contributed by atoms with van der Waals surface area (Å²) in [4.78, 5) is 0. The van der Waals surface area contributed by atoms with Gasteiger partial charge in [-0.05, 0) is 79.6 Å². The Bertz CT molecular complexity index is 844. The maximum Gasteiger partial charge on any atom is 0.121 e. The molecule has 1 aliphatic heterocycles. The topological polar surface area (TPSA) is 14.2 Å². The third kappa shape index (κ3) is 3.35. The first-order chi connectivity index (χ1) is 12.7. The molecule has 0 radical (unpaired) electrons. The third-order valence-electron chi connectivity index (χ3n) is 5.26. The van der Waals surface area contributed by atoms with Gasteiger partial charge in [-0.2, -0.15) is 0 Å². The van der Waals surface area contributed by atoms with Crippen molar-refractivity contribution < 1.29 is 4.74 Å². The summed E-state index contributed by atoms with van der Waals surface area (Å²) in [5.41, 5.74) is 6.57. The Morgan fingerprint density at radius 1 is 1.15 bits per heavy atom. The smallest absolute Gasteiger partial charge is 0.121 e. The fourth-order valence-corrected chi connectivity index (χ4v) is 4.32. The monoisotopic (exact) mass is 369 g/mol. The molecule has 0 fully saturated rings. The van der Waals surface area contributed by atoms with Gasteiger partial charge in [-0.25, -0.2) is 0 Å². The van der Waals surface area contributed by atoms with Crippen LogP contribution in [0.3, 0.4) is 0 Å². The van der Waals surface area contributed by atoms with Gasteiger partial charge in [0.05, 0.1) is 7.11 Å². The van der Waals surface area contributed by atoms with Gasteiger partial charge in [0.2, 0.25) is 0 Å². The molecular weight excluding hydrogens is 342 g/mol. The summed E-state index contributed by atoms with van der Waals surface area (Å²) in [6.07, 6.45) is 8.81. The van der Waals surface area contributed by atoms with Crippen molar-refractivity contribution in [2.75, 3.05) is 7.11 Å². The molecule has 2 nitrogen and oxygen atoms in total. The standard InChI is InChI=1S/C21H22ClNO.C2H6/c1-14-5-3-7-18(21(14)24-2)17-10-9-16-6-4-12-23(16)20-11-8-15(22)13-19(17)20;1-2/h4,6-8,11-13,17H,3,5,9-10H2,1-2H3;1-2H3. The molecule has 0 bridgehead atoms. The van der Waals surface area contributed by atoms with Crippen LogP contribution in [-0.2, 0) is 11.2 Å². The van der Waals surface area contributed by atoms with Crippen molar-refractivity contribution in [1.82, 2.24) is 4.57 Å². The lowest BCUT2D eigenvalue weighted by molar-refractivity contribution is 0.287. The molecule has 0 spiro atoms. The van der Waals surface area contributed by atoms with Gasteiger partial charge in [-0.15, -0.1) is 0 Å². The lowest BCUT2D eigenvalue weighted by Crippen LogP contribution is -2.12. The van der Waals surface area contributed by atoms with Crippen molar-refractivity contribution in [1.29, 1.82) is 0 Å². The molecule has 0 amide bonds. The maximum absolute atomic E-state index is 6.36. The molecule has 0 N–H and O–H groups in total. The van der Waals surface area contributed by atoms with Crippen LogP contribution in [0.4, 0.5) is 0 Å². The van der Waals surface area contributed by atoms with E-state index in [4.69, 9.17) is 16.3 Å². The second-order valence-corrected chi connectivity index (χ2v) is 7.11. The summed E-state index contributed by atoms with van der Waals surface area (Å²) < 4.78 is 8.09. The highest BCUT2D eigenvalue weighted by atomic mass is 35.5. The Morgan fingerprint density at radius 2 is 1.96 bits per heavy atom. The average Bonchev–Trinajstić information content (AvgIpc) is 3.07. The van der Waals surface area contributed by atoms with Crippen LogP contribution in [0, 0.1) is 0 Å². The van der Waals surface area contributed by atoms with Crippen molar-refractivity contribution in [2.45, 2.75) is 52.4 Å². The maximum atomic E-state index is 6.36. The predicted octanol–water partition coefficient (Wildman–Crippen LogP) is 6.83. The van der Waals surface area contributed by atoms with Crippen molar-refractivity contribution in [2.24, 2.45) is 0 Å². The summed E-state index contributed by atoms with van der Waals surface area (Å²) in [6.45, 7) is 6.19. The SMILES string of the molecule is CC.COC1=C(C)CCC=C1C1CCc2cccn2-c2ccc(Cl)cc21. The minimum absolute atomic E-state index is 0.323. The first-order valence-corrected chi connectivity index (χ1v) is 9.97. The van der Waals surface area contributed by atoms with E-state index in [0.29, 0.717) is 5.92 Å². The highest BCUT2D eigenvalue weighted by Crippen LogP contribution is 2.43. The van der Waals surface area contributed by atoms with Crippen LogP contribution in [0.15, 0.2) is 59.5 Å². The fraction of sp³-hybridized carbons (Fsp3) is 0.391. The number of ether oxygens (including phenoxy) is 1. The minimum Gasteiger partial charge on any atom is -0.497 e. The van der Waals surface area contributed by atoms with Gasteiger partial charge >= 0.3 is 0 Å². The Morgan fingerprint density at radius 3 is 2.73 bits per heavy atom. The Labute approximate surface area is 162 Å². The van der Waals surface area contributed by atoms with Gasteiger partial charge < -0.3 is 9.30 Å². The number of aryl methyl sites for hydroxylation is 1. The first-order valence-electron chi connectivity index (χ1n) is 9.59. The summed E-state index contributed by atoms with van der Waals surface area (Å²) in [5, 5.41) is 0.797. The zero-order valence-corrected chi connectivity index (χ0v) is 16.9. The average molecular weight is 370 g/mol. The number of hydrogen-bond donors (Lipinski definition) is 0. The van der Waals surface area contributed by atoms with E-state index in [0.717, 1.165) is 36.5 Å². The number of fused-ring (bicyclic) bond motifs is 3. The summed E-state index contributed by atoms with van der Waals surface area (Å²) >= 11 is 6.36. The van der Waals surface area contributed by atoms with Crippen LogP contribution in [0.1, 0.15) is 57.2 Å². The van der Waals surface area contributed by atoms with Crippen LogP contribution in [0.2, 0.25) is 5.02 Å². The van der Waals surface area contributed by atoms with Gasteiger partial charge in [0.1, 0.15) is 5.76 Å². The van der Waals surface area contributed by atoms with Crippen molar-refractivity contribution in [3.63, 3.8) is 0 Å². The number of methoxy groups -OCH3 is 1. The first kappa shape index (κ1) is 18.8. The van der Waals surface area contributed by atoms with E-state index in [2.05, 4.69) is 48.0 Å². The normalized spacial score (nSPS) is 18.8. The minimum atomic E-state index is 0.323. The van der Waals surface area contributed by atoms with E-state index >= 15 is 0 Å². The molecule has 0 saturated heterocycles. The number of benzene rings is 1. The van der Waals surface area contributed by atoms with E-state index in [1.807, 2.05) is 19.9 Å². The molecule has 1 aliphatic carbocycles. The largest absolute Gasteiger partial charge is 0.497 e. The molecule has 1 unspecified atom stereocenters. The number of hydrogen-bond acceptors (Lipinski definition) is 1. The second-order valence-electron chi connectivity index (χ2n) is 6.68. The Balaban J connectivity index is 0.000000948. The quantitative estimate of drug-likeness (QED) is 0.566. The molecule has 1 atom stereocenters. The van der Waals surface area contributed by atoms with E-state index in [1.54, 1.807) is 7.11 Å². The molecule has 3 heteroatoms. The summed E-state index contributed by atoms with van der Waals surface area (Å²) in [7, 11) is 1.79. The van der Waals surface area contributed by atoms with Crippen LogP contribution in [0.5, 0.6) is 0 Å². The number of halogens is 1. The van der Waals surface area contributed by atoms with E-state index < -0.39 is 0 Å². The summed E-state index contributed by atoms with van der Waals surface area (Å²) in [6, 6.07) is 10.6. The van der Waals surface area contributed by atoms with Crippen LogP contribution < -0.4 is 0 Å². The molecule has 2 aromatic rings. The lowest BCUT2D eigenvalue weighted by Gasteiger charge is -2.27. The highest BCUT2D eigenvalue weighted by Gasteiger charge is 2.29. The molecule has 2 aliphatic rings. The Kier molecular flexibility index (Phi) is 5.93. The highest BCUT2D eigenvalue weighted by molar-refractivity contribution is 6.30. The van der Waals surface area contributed by atoms with Crippen LogP contribution >= 0.6 is 11.6 Å². The molecule has 0 saturated carbocycles. The summed E-state index contributed by atoms with van der Waals surface area (Å²) in [5.74, 6) is 1.40. The zero-order chi connectivity index (χ0) is 18.7. The van der Waals surface area contributed by atoms with Gasteiger partial charge in [0, 0.05) is 28.5 Å². The molecular formula is C23H28ClNO. The van der Waals surface area contributed by atoms with Gasteiger partial charge in [-0.3, -0.25) is 0 Å². The number of allylic oxidation sites excluding steroid dienone is 3. The Hall–Kier alpha value is -1.93. The lowest BCUT2D eigenvalue weighted by atomic mass is 9.81. The van der Waals surface area contributed by atoms with E-state index in [9.17, 15) is 0 Å². The molecule has 4 rings (SSSR count). The van der Waals surface area contributed by atoms with E-state index in [1.165, 1.54) is 28.1 Å². The zero-order valence-electron chi connectivity index (χ0n) is 16.2. The van der Waals surface area contributed by atoms with Gasteiger partial charge in [0.15, 0.2) is 0 Å². The number of nitrogens with zero attached hydrogens (tertiary/aromatic N) is 1. The molecule has 2 heterocycles. The van der Waals surface area contributed by atoms with E-state index in [-0.39, 0.29) is 0 Å². The fourth-order valence-electron chi connectivity index (χ4n) is 4.14. The molecule has 138 valence electrons.